The zero-order chi connectivity index (χ0) is 18.1. The molecule has 1 N–H and O–H groups in total. The first-order valence-electron chi connectivity index (χ1n) is 7.99. The zero-order valence-electron chi connectivity index (χ0n) is 14.0. The molecule has 2 amide bonds. The number of hydrogen-bond donors (Lipinski definition) is 1. The smallest absolute Gasteiger partial charge is 0.229 e. The normalized spacial score (nSPS) is 17.0. The Hall–Kier alpha value is -1.85. The van der Waals surface area contributed by atoms with Gasteiger partial charge in [-0.15, -0.1) is 0 Å². The number of amides is 2. The Morgan fingerprint density at radius 3 is 2.76 bits per heavy atom. The van der Waals surface area contributed by atoms with Crippen LogP contribution in [0, 0.1) is 19.8 Å². The molecule has 2 aromatic rings. The third kappa shape index (κ3) is 3.72. The minimum absolute atomic E-state index is 0.0574. The van der Waals surface area contributed by atoms with Crippen molar-refractivity contribution in [3.63, 3.8) is 0 Å². The summed E-state index contributed by atoms with van der Waals surface area (Å²) in [5.41, 5.74) is 3.35. The lowest BCUT2D eigenvalue weighted by atomic mass is 10.1. The monoisotopic (exact) mass is 420 g/mol. The van der Waals surface area contributed by atoms with Gasteiger partial charge in [0.1, 0.15) is 0 Å². The largest absolute Gasteiger partial charge is 0.326 e. The van der Waals surface area contributed by atoms with Crippen LogP contribution in [0.3, 0.4) is 0 Å². The Morgan fingerprint density at radius 1 is 1.28 bits per heavy atom. The molecule has 1 saturated heterocycles. The van der Waals surface area contributed by atoms with Gasteiger partial charge in [-0.25, -0.2) is 0 Å². The van der Waals surface area contributed by atoms with Crippen molar-refractivity contribution in [2.75, 3.05) is 16.8 Å². The number of benzene rings is 2. The molecule has 0 aromatic heterocycles. The predicted octanol–water partition coefficient (Wildman–Crippen LogP) is 4.71. The van der Waals surface area contributed by atoms with Crippen LogP contribution in [0.1, 0.15) is 17.5 Å². The SMILES string of the molecule is Cc1cc(Br)ccc1NC(=O)[C@H]1CC(=O)N(c2cccc(Cl)c2C)C1. The van der Waals surface area contributed by atoms with Crippen LogP contribution in [-0.4, -0.2) is 18.4 Å². The van der Waals surface area contributed by atoms with E-state index in [1.807, 2.05) is 44.2 Å². The maximum atomic E-state index is 12.6. The molecular formula is C19H18BrClN2O2. The van der Waals surface area contributed by atoms with E-state index < -0.39 is 0 Å². The van der Waals surface area contributed by atoms with Crippen molar-refractivity contribution in [3.8, 4) is 0 Å². The van der Waals surface area contributed by atoms with Gasteiger partial charge in [-0.1, -0.05) is 33.6 Å². The van der Waals surface area contributed by atoms with Crippen LogP contribution < -0.4 is 10.2 Å². The van der Waals surface area contributed by atoms with Gasteiger partial charge in [0.2, 0.25) is 11.8 Å². The molecule has 3 rings (SSSR count). The quantitative estimate of drug-likeness (QED) is 0.780. The number of nitrogens with one attached hydrogen (secondary N) is 1. The Labute approximate surface area is 160 Å². The van der Waals surface area contributed by atoms with Crippen LogP contribution in [-0.2, 0) is 9.59 Å². The fourth-order valence-electron chi connectivity index (χ4n) is 3.01. The summed E-state index contributed by atoms with van der Waals surface area (Å²) in [4.78, 5) is 26.7. The highest BCUT2D eigenvalue weighted by molar-refractivity contribution is 9.10. The zero-order valence-corrected chi connectivity index (χ0v) is 16.3. The van der Waals surface area contributed by atoms with Crippen molar-refractivity contribution in [1.82, 2.24) is 0 Å². The Morgan fingerprint density at radius 2 is 2.04 bits per heavy atom. The highest BCUT2D eigenvalue weighted by Crippen LogP contribution is 2.32. The van der Waals surface area contributed by atoms with Gasteiger partial charge in [0, 0.05) is 33.8 Å². The molecule has 130 valence electrons. The minimum Gasteiger partial charge on any atom is -0.326 e. The minimum atomic E-state index is -0.381. The van der Waals surface area contributed by atoms with E-state index in [0.717, 1.165) is 27.0 Å². The second-order valence-corrected chi connectivity index (χ2v) is 7.56. The first kappa shape index (κ1) is 18.0. The first-order chi connectivity index (χ1) is 11.9. The van der Waals surface area contributed by atoms with Crippen molar-refractivity contribution in [2.45, 2.75) is 20.3 Å². The molecule has 0 bridgehead atoms. The lowest BCUT2D eigenvalue weighted by Gasteiger charge is -2.19. The van der Waals surface area contributed by atoms with Crippen LogP contribution in [0.5, 0.6) is 0 Å². The van der Waals surface area contributed by atoms with Crippen molar-refractivity contribution < 1.29 is 9.59 Å². The Balaban J connectivity index is 1.75. The predicted molar refractivity (Wildman–Crippen MR) is 104 cm³/mol. The van der Waals surface area contributed by atoms with Crippen LogP contribution in [0.2, 0.25) is 5.02 Å². The number of hydrogen-bond acceptors (Lipinski definition) is 2. The van der Waals surface area contributed by atoms with Gasteiger partial charge < -0.3 is 10.2 Å². The topological polar surface area (TPSA) is 49.4 Å². The molecule has 2 aromatic carbocycles. The summed E-state index contributed by atoms with van der Waals surface area (Å²) in [7, 11) is 0. The second kappa shape index (κ2) is 7.18. The summed E-state index contributed by atoms with van der Waals surface area (Å²) < 4.78 is 0.960. The molecule has 4 nitrogen and oxygen atoms in total. The number of carbonyl (C=O) groups is 2. The fraction of sp³-hybridized carbons (Fsp3) is 0.263. The van der Waals surface area contributed by atoms with E-state index in [1.165, 1.54) is 0 Å². The highest BCUT2D eigenvalue weighted by atomic mass is 79.9. The average molecular weight is 422 g/mol. The van der Waals surface area contributed by atoms with Crippen LogP contribution in [0.15, 0.2) is 40.9 Å². The fourth-order valence-corrected chi connectivity index (χ4v) is 3.65. The summed E-state index contributed by atoms with van der Waals surface area (Å²) >= 11 is 9.56. The summed E-state index contributed by atoms with van der Waals surface area (Å²) in [6.45, 7) is 4.17. The summed E-state index contributed by atoms with van der Waals surface area (Å²) in [5, 5.41) is 3.55. The lowest BCUT2D eigenvalue weighted by Crippen LogP contribution is -2.28. The summed E-state index contributed by atoms with van der Waals surface area (Å²) in [5.74, 6) is -0.576. The first-order valence-corrected chi connectivity index (χ1v) is 9.16. The van der Waals surface area contributed by atoms with E-state index in [2.05, 4.69) is 21.2 Å². The summed E-state index contributed by atoms with van der Waals surface area (Å²) in [6, 6.07) is 11.1. The third-order valence-electron chi connectivity index (χ3n) is 4.47. The van der Waals surface area contributed by atoms with Gasteiger partial charge in [0.05, 0.1) is 5.92 Å². The number of halogens is 2. The molecule has 0 radical (unpaired) electrons. The molecule has 0 unspecified atom stereocenters. The van der Waals surface area contributed by atoms with E-state index in [-0.39, 0.29) is 24.2 Å². The standard InChI is InChI=1S/C19H18BrClN2O2/c1-11-8-14(20)6-7-16(11)22-19(25)13-9-18(24)23(10-13)17-5-3-4-15(21)12(17)2/h3-8,13H,9-10H2,1-2H3,(H,22,25)/t13-/m0/s1. The lowest BCUT2D eigenvalue weighted by molar-refractivity contribution is -0.122. The number of nitrogens with zero attached hydrogens (tertiary/aromatic N) is 1. The second-order valence-electron chi connectivity index (χ2n) is 6.24. The summed E-state index contributed by atoms with van der Waals surface area (Å²) in [6.07, 6.45) is 0.202. The Kier molecular flexibility index (Phi) is 5.16. The van der Waals surface area contributed by atoms with Gasteiger partial charge in [-0.2, -0.15) is 0 Å². The van der Waals surface area contributed by atoms with Crippen LogP contribution in [0.25, 0.3) is 0 Å². The van der Waals surface area contributed by atoms with E-state index >= 15 is 0 Å². The maximum Gasteiger partial charge on any atom is 0.229 e. The van der Waals surface area contributed by atoms with E-state index in [4.69, 9.17) is 11.6 Å². The van der Waals surface area contributed by atoms with E-state index in [0.29, 0.717) is 11.6 Å². The maximum absolute atomic E-state index is 12.6. The molecule has 0 spiro atoms. The van der Waals surface area contributed by atoms with Gasteiger partial charge in [-0.05, 0) is 55.3 Å². The van der Waals surface area contributed by atoms with Crippen LogP contribution >= 0.6 is 27.5 Å². The van der Waals surface area contributed by atoms with Crippen molar-refractivity contribution in [1.29, 1.82) is 0 Å². The molecular weight excluding hydrogens is 404 g/mol. The molecule has 0 saturated carbocycles. The van der Waals surface area contributed by atoms with Crippen LogP contribution in [0.4, 0.5) is 11.4 Å². The molecule has 1 atom stereocenters. The Bertz CT molecular complexity index is 853. The van der Waals surface area contributed by atoms with Crippen molar-refractivity contribution >= 4 is 50.7 Å². The molecule has 6 heteroatoms. The number of anilines is 2. The van der Waals surface area contributed by atoms with E-state index in [9.17, 15) is 9.59 Å². The van der Waals surface area contributed by atoms with Gasteiger partial charge in [0.15, 0.2) is 0 Å². The third-order valence-corrected chi connectivity index (χ3v) is 5.37. The van der Waals surface area contributed by atoms with Crippen molar-refractivity contribution in [3.05, 3.63) is 57.0 Å². The average Bonchev–Trinajstić information content (AvgIpc) is 2.94. The molecule has 1 fully saturated rings. The van der Waals surface area contributed by atoms with Gasteiger partial charge in [0.25, 0.3) is 0 Å². The molecule has 0 aliphatic carbocycles. The van der Waals surface area contributed by atoms with E-state index in [1.54, 1.807) is 11.0 Å². The molecule has 1 heterocycles. The van der Waals surface area contributed by atoms with Gasteiger partial charge in [-0.3, -0.25) is 9.59 Å². The molecule has 1 aliphatic rings. The van der Waals surface area contributed by atoms with Crippen molar-refractivity contribution in [2.24, 2.45) is 5.92 Å². The highest BCUT2D eigenvalue weighted by Gasteiger charge is 2.36. The molecule has 25 heavy (non-hydrogen) atoms. The number of aryl methyl sites for hydroxylation is 1. The van der Waals surface area contributed by atoms with Gasteiger partial charge >= 0.3 is 0 Å². The number of carbonyl (C=O) groups excluding carboxylic acids is 2. The number of rotatable bonds is 3. The molecule has 1 aliphatic heterocycles.